The molecule has 2 amide bonds. The van der Waals surface area contributed by atoms with E-state index in [0.717, 1.165) is 32.1 Å². The van der Waals surface area contributed by atoms with E-state index < -0.39 is 22.5 Å². The van der Waals surface area contributed by atoms with Crippen LogP contribution >= 0.6 is 0 Å². The molecule has 2 fully saturated rings. The van der Waals surface area contributed by atoms with Gasteiger partial charge < -0.3 is 19.3 Å². The Morgan fingerprint density at radius 2 is 1.65 bits per heavy atom. The van der Waals surface area contributed by atoms with E-state index >= 15 is 0 Å². The van der Waals surface area contributed by atoms with Crippen LogP contribution < -0.4 is 4.74 Å². The van der Waals surface area contributed by atoms with Crippen molar-refractivity contribution in [2.45, 2.75) is 32.1 Å². The van der Waals surface area contributed by atoms with Crippen molar-refractivity contribution < 1.29 is 28.8 Å². The molecular formula is C27H31N3O7. The Bertz CT molecular complexity index is 1160. The van der Waals surface area contributed by atoms with Gasteiger partial charge in [-0.05, 0) is 49.3 Å². The molecule has 0 unspecified atom stereocenters. The quantitative estimate of drug-likeness (QED) is 0.230. The predicted octanol–water partition coefficient (Wildman–Crippen LogP) is 3.70. The van der Waals surface area contributed by atoms with Crippen molar-refractivity contribution in [1.82, 2.24) is 9.80 Å². The van der Waals surface area contributed by atoms with Gasteiger partial charge in [-0.3, -0.25) is 19.7 Å². The molecule has 2 aromatic rings. The van der Waals surface area contributed by atoms with E-state index in [-0.39, 0.29) is 22.4 Å². The highest BCUT2D eigenvalue weighted by Gasteiger charge is 2.43. The second-order valence-electron chi connectivity index (χ2n) is 9.57. The number of ether oxygens (including phenoxy) is 2. The fourth-order valence-electron chi connectivity index (χ4n) is 5.19. The summed E-state index contributed by atoms with van der Waals surface area (Å²) in [5, 5.41) is 11.4. The maximum absolute atomic E-state index is 13.3. The number of esters is 1. The first-order chi connectivity index (χ1) is 17.8. The number of hydrogen-bond acceptors (Lipinski definition) is 7. The van der Waals surface area contributed by atoms with Gasteiger partial charge >= 0.3 is 5.97 Å². The Hall–Kier alpha value is -3.95. The zero-order valence-corrected chi connectivity index (χ0v) is 20.9. The SMILES string of the molecule is COC(=O)c1c(C(=O)N2CCC3(CCN(C(=O)CCCOc4ccccc4)CC3)C2)cccc1[N+](=O)[O-]. The number of benzene rings is 2. The predicted molar refractivity (Wildman–Crippen MR) is 134 cm³/mol. The number of likely N-dealkylation sites (tertiary alicyclic amines) is 2. The van der Waals surface area contributed by atoms with Crippen molar-refractivity contribution >= 4 is 23.5 Å². The van der Waals surface area contributed by atoms with Gasteiger partial charge in [0.05, 0.1) is 24.2 Å². The van der Waals surface area contributed by atoms with Gasteiger partial charge in [0, 0.05) is 38.7 Å². The van der Waals surface area contributed by atoms with Gasteiger partial charge in [-0.1, -0.05) is 24.3 Å². The second kappa shape index (κ2) is 11.4. The summed E-state index contributed by atoms with van der Waals surface area (Å²) in [7, 11) is 1.13. The van der Waals surface area contributed by atoms with Crippen molar-refractivity contribution in [2.75, 3.05) is 39.9 Å². The number of para-hydroxylation sites is 1. The molecule has 0 atom stereocenters. The first kappa shape index (κ1) is 26.1. The van der Waals surface area contributed by atoms with E-state index in [1.165, 1.54) is 18.2 Å². The van der Waals surface area contributed by atoms with E-state index in [0.29, 0.717) is 45.6 Å². The third-order valence-corrected chi connectivity index (χ3v) is 7.31. The van der Waals surface area contributed by atoms with Crippen molar-refractivity contribution in [3.63, 3.8) is 0 Å². The number of carbonyl (C=O) groups is 3. The zero-order valence-electron chi connectivity index (χ0n) is 20.9. The largest absolute Gasteiger partial charge is 0.494 e. The summed E-state index contributed by atoms with van der Waals surface area (Å²) >= 11 is 0. The first-order valence-electron chi connectivity index (χ1n) is 12.4. The maximum atomic E-state index is 13.3. The van der Waals surface area contributed by atoms with Gasteiger partial charge in [0.1, 0.15) is 11.3 Å². The van der Waals surface area contributed by atoms with Crippen LogP contribution in [0.2, 0.25) is 0 Å². The molecular weight excluding hydrogens is 478 g/mol. The molecule has 4 rings (SSSR count). The van der Waals surface area contributed by atoms with Gasteiger partial charge in [-0.25, -0.2) is 4.79 Å². The fraction of sp³-hybridized carbons (Fsp3) is 0.444. The third-order valence-electron chi connectivity index (χ3n) is 7.31. The number of nitrogens with zero attached hydrogens (tertiary/aromatic N) is 3. The Labute approximate surface area is 215 Å². The average Bonchev–Trinajstić information content (AvgIpc) is 3.33. The summed E-state index contributed by atoms with van der Waals surface area (Å²) < 4.78 is 10.4. The minimum atomic E-state index is -0.912. The molecule has 0 radical (unpaired) electrons. The smallest absolute Gasteiger partial charge is 0.345 e. The van der Waals surface area contributed by atoms with Gasteiger partial charge in [0.2, 0.25) is 5.91 Å². The van der Waals surface area contributed by atoms with E-state index in [1.54, 1.807) is 4.90 Å². The molecule has 10 heteroatoms. The third kappa shape index (κ3) is 5.90. The number of amides is 2. The van der Waals surface area contributed by atoms with Gasteiger partial charge in [0.25, 0.3) is 11.6 Å². The number of piperidine rings is 1. The Balaban J connectivity index is 1.31. The summed E-state index contributed by atoms with van der Waals surface area (Å²) in [5.41, 5.74) is -0.900. The maximum Gasteiger partial charge on any atom is 0.345 e. The number of hydrogen-bond donors (Lipinski definition) is 0. The molecule has 37 heavy (non-hydrogen) atoms. The average molecular weight is 510 g/mol. The fourth-order valence-corrected chi connectivity index (χ4v) is 5.19. The van der Waals surface area contributed by atoms with E-state index in [4.69, 9.17) is 9.47 Å². The van der Waals surface area contributed by atoms with Crippen molar-refractivity contribution in [2.24, 2.45) is 5.41 Å². The van der Waals surface area contributed by atoms with Crippen LogP contribution in [0, 0.1) is 15.5 Å². The van der Waals surface area contributed by atoms with E-state index in [9.17, 15) is 24.5 Å². The van der Waals surface area contributed by atoms with Crippen LogP contribution in [0.4, 0.5) is 5.69 Å². The molecule has 1 spiro atoms. The number of methoxy groups -OCH3 is 1. The number of nitro benzene ring substituents is 1. The Morgan fingerprint density at radius 3 is 2.30 bits per heavy atom. The van der Waals surface area contributed by atoms with Gasteiger partial charge in [-0.2, -0.15) is 0 Å². The van der Waals surface area contributed by atoms with Crippen molar-refractivity contribution in [3.05, 3.63) is 69.8 Å². The van der Waals surface area contributed by atoms with E-state index in [1.807, 2.05) is 35.2 Å². The van der Waals surface area contributed by atoms with Crippen LogP contribution in [0.3, 0.4) is 0 Å². The number of nitro groups is 1. The second-order valence-corrected chi connectivity index (χ2v) is 9.57. The van der Waals surface area contributed by atoms with Gasteiger partial charge in [-0.15, -0.1) is 0 Å². The Kier molecular flexibility index (Phi) is 8.05. The number of rotatable bonds is 8. The highest BCUT2D eigenvalue weighted by molar-refractivity contribution is 6.08. The van der Waals surface area contributed by atoms with E-state index in [2.05, 4.69) is 0 Å². The standard InChI is InChI=1S/C27H31N3O7/c1-36-26(33)24-21(9-5-10-22(24)30(34)35)25(32)29-17-14-27(19-29)12-15-28(16-13-27)23(31)11-6-18-37-20-7-3-2-4-8-20/h2-5,7-10H,6,11-19H2,1H3. The lowest BCUT2D eigenvalue weighted by molar-refractivity contribution is -0.385. The summed E-state index contributed by atoms with van der Waals surface area (Å²) in [6.45, 7) is 2.72. The summed E-state index contributed by atoms with van der Waals surface area (Å²) in [6.07, 6.45) is 3.41. The topological polar surface area (TPSA) is 119 Å². The van der Waals surface area contributed by atoms with Crippen LogP contribution in [-0.2, 0) is 9.53 Å². The molecule has 0 aliphatic carbocycles. The molecule has 0 aromatic heterocycles. The molecule has 0 bridgehead atoms. The molecule has 2 aromatic carbocycles. The van der Waals surface area contributed by atoms with Crippen molar-refractivity contribution in [1.29, 1.82) is 0 Å². The van der Waals surface area contributed by atoms with Crippen LogP contribution in [0.1, 0.15) is 52.8 Å². The molecule has 2 heterocycles. The molecule has 0 N–H and O–H groups in total. The Morgan fingerprint density at radius 1 is 0.973 bits per heavy atom. The highest BCUT2D eigenvalue weighted by Crippen LogP contribution is 2.41. The lowest BCUT2D eigenvalue weighted by Gasteiger charge is -2.39. The van der Waals surface area contributed by atoms with Gasteiger partial charge in [0.15, 0.2) is 0 Å². The molecule has 0 saturated carbocycles. The first-order valence-corrected chi connectivity index (χ1v) is 12.4. The minimum Gasteiger partial charge on any atom is -0.494 e. The van der Waals surface area contributed by atoms with Crippen LogP contribution in [0.25, 0.3) is 0 Å². The summed E-state index contributed by atoms with van der Waals surface area (Å²) in [4.78, 5) is 52.6. The monoisotopic (exact) mass is 509 g/mol. The summed E-state index contributed by atoms with van der Waals surface area (Å²) in [6, 6.07) is 13.5. The lowest BCUT2D eigenvalue weighted by atomic mass is 9.77. The highest BCUT2D eigenvalue weighted by atomic mass is 16.6. The van der Waals surface area contributed by atoms with Crippen LogP contribution in [0.5, 0.6) is 5.75 Å². The summed E-state index contributed by atoms with van der Waals surface area (Å²) in [5.74, 6) is -0.431. The lowest BCUT2D eigenvalue weighted by Crippen LogP contribution is -2.44. The minimum absolute atomic E-state index is 0.0246. The molecule has 196 valence electrons. The van der Waals surface area contributed by atoms with Crippen LogP contribution in [0.15, 0.2) is 48.5 Å². The van der Waals surface area contributed by atoms with Crippen molar-refractivity contribution in [3.8, 4) is 5.75 Å². The zero-order chi connectivity index (χ0) is 26.4. The molecule has 2 aliphatic heterocycles. The molecule has 2 saturated heterocycles. The number of carbonyl (C=O) groups excluding carboxylic acids is 3. The van der Waals surface area contributed by atoms with Crippen LogP contribution in [-0.4, -0.2) is 72.4 Å². The molecule has 10 nitrogen and oxygen atoms in total. The molecule has 2 aliphatic rings. The normalized spacial score (nSPS) is 16.5.